The lowest BCUT2D eigenvalue weighted by molar-refractivity contribution is -0.116. The van der Waals surface area contributed by atoms with Crippen LogP contribution in [0.4, 0.5) is 5.69 Å². The van der Waals surface area contributed by atoms with Crippen molar-refractivity contribution in [3.8, 4) is 5.75 Å². The van der Waals surface area contributed by atoms with Crippen LogP contribution in [-0.4, -0.2) is 30.2 Å². The first-order valence-electron chi connectivity index (χ1n) is 8.31. The number of nitrogens with zero attached hydrogens (tertiary/aromatic N) is 1. The molecule has 0 bridgehead atoms. The Kier molecular flexibility index (Phi) is 5.22. The largest absolute Gasteiger partial charge is 0.494 e. The van der Waals surface area contributed by atoms with Crippen molar-refractivity contribution in [3.05, 3.63) is 60.3 Å². The Morgan fingerprint density at radius 3 is 2.69 bits per heavy atom. The highest BCUT2D eigenvalue weighted by Gasteiger charge is 2.14. The molecule has 1 aromatic heterocycles. The lowest BCUT2D eigenvalue weighted by Gasteiger charge is -2.11. The van der Waals surface area contributed by atoms with E-state index in [1.54, 1.807) is 24.3 Å². The summed E-state index contributed by atoms with van der Waals surface area (Å²) in [6.07, 6.45) is 1.85. The van der Waals surface area contributed by atoms with E-state index in [1.807, 2.05) is 42.0 Å². The van der Waals surface area contributed by atoms with Gasteiger partial charge in [0.1, 0.15) is 12.3 Å². The van der Waals surface area contributed by atoms with Crippen LogP contribution in [0.3, 0.4) is 0 Å². The van der Waals surface area contributed by atoms with Gasteiger partial charge in [0.25, 0.3) is 0 Å². The third kappa shape index (κ3) is 3.69. The maximum absolute atomic E-state index is 12.4. The van der Waals surface area contributed by atoms with Crippen molar-refractivity contribution >= 4 is 28.5 Å². The fourth-order valence-electron chi connectivity index (χ4n) is 2.80. The van der Waals surface area contributed by atoms with E-state index in [-0.39, 0.29) is 12.5 Å². The summed E-state index contributed by atoms with van der Waals surface area (Å²) in [6.45, 7) is 2.67. The van der Waals surface area contributed by atoms with Crippen LogP contribution >= 0.6 is 0 Å². The number of fused-ring (bicyclic) bond motifs is 1. The summed E-state index contributed by atoms with van der Waals surface area (Å²) in [4.78, 5) is 24.2. The van der Waals surface area contributed by atoms with Gasteiger partial charge in [0.2, 0.25) is 5.91 Å². The topological polar surface area (TPSA) is 69.6 Å². The van der Waals surface area contributed by atoms with Crippen molar-refractivity contribution in [3.63, 3.8) is 0 Å². The molecule has 0 aliphatic heterocycles. The highest BCUT2D eigenvalue weighted by molar-refractivity contribution is 6.01. The number of rotatable bonds is 6. The van der Waals surface area contributed by atoms with Gasteiger partial charge >= 0.3 is 5.97 Å². The number of esters is 1. The maximum atomic E-state index is 12.4. The van der Waals surface area contributed by atoms with E-state index >= 15 is 0 Å². The van der Waals surface area contributed by atoms with E-state index in [1.165, 1.54) is 7.11 Å². The molecule has 0 unspecified atom stereocenters. The molecule has 0 fully saturated rings. The number of carbonyl (C=O) groups is 2. The minimum atomic E-state index is -0.490. The van der Waals surface area contributed by atoms with Crippen LogP contribution < -0.4 is 10.1 Å². The molecule has 0 spiro atoms. The van der Waals surface area contributed by atoms with Crippen molar-refractivity contribution in [1.82, 2.24) is 4.57 Å². The minimum Gasteiger partial charge on any atom is -0.494 e. The number of amides is 1. The normalized spacial score (nSPS) is 10.5. The predicted molar refractivity (Wildman–Crippen MR) is 99.5 cm³/mol. The Morgan fingerprint density at radius 1 is 1.12 bits per heavy atom. The minimum absolute atomic E-state index is 0.132. The number of hydrogen-bond acceptors (Lipinski definition) is 4. The third-order valence-corrected chi connectivity index (χ3v) is 3.97. The molecule has 3 rings (SSSR count). The molecule has 0 saturated heterocycles. The zero-order chi connectivity index (χ0) is 18.5. The summed E-state index contributed by atoms with van der Waals surface area (Å²) >= 11 is 0. The third-order valence-electron chi connectivity index (χ3n) is 3.97. The average Bonchev–Trinajstić information content (AvgIpc) is 3.04. The van der Waals surface area contributed by atoms with Crippen molar-refractivity contribution < 1.29 is 19.1 Å². The quantitative estimate of drug-likeness (QED) is 0.690. The lowest BCUT2D eigenvalue weighted by atomic mass is 10.2. The molecule has 3 aromatic rings. The Bertz CT molecular complexity index is 946. The zero-order valence-corrected chi connectivity index (χ0v) is 14.7. The van der Waals surface area contributed by atoms with Gasteiger partial charge in [-0.25, -0.2) is 4.79 Å². The second-order valence-electron chi connectivity index (χ2n) is 5.68. The first-order chi connectivity index (χ1) is 12.6. The van der Waals surface area contributed by atoms with Gasteiger partial charge in [-0.15, -0.1) is 0 Å². The molecule has 1 heterocycles. The predicted octanol–water partition coefficient (Wildman–Crippen LogP) is 3.47. The van der Waals surface area contributed by atoms with E-state index in [0.717, 1.165) is 16.7 Å². The molecule has 0 atom stereocenters. The first kappa shape index (κ1) is 17.5. The van der Waals surface area contributed by atoms with Crippen LogP contribution in [0.1, 0.15) is 17.3 Å². The van der Waals surface area contributed by atoms with Gasteiger partial charge in [-0.3, -0.25) is 4.79 Å². The number of carbonyl (C=O) groups excluding carboxylic acids is 2. The van der Waals surface area contributed by atoms with E-state index in [2.05, 4.69) is 5.32 Å². The number of ether oxygens (including phenoxy) is 2. The summed E-state index contributed by atoms with van der Waals surface area (Å²) < 4.78 is 12.1. The number of methoxy groups -OCH3 is 1. The van der Waals surface area contributed by atoms with Crippen molar-refractivity contribution in [1.29, 1.82) is 0 Å². The molecule has 0 aliphatic rings. The van der Waals surface area contributed by atoms with Gasteiger partial charge in [0.05, 0.1) is 25.0 Å². The molecule has 6 heteroatoms. The number of hydrogen-bond donors (Lipinski definition) is 1. The summed E-state index contributed by atoms with van der Waals surface area (Å²) in [5.74, 6) is 0.0812. The molecule has 1 amide bonds. The fraction of sp³-hybridized carbons (Fsp3) is 0.200. The highest BCUT2D eigenvalue weighted by atomic mass is 16.5. The summed E-state index contributed by atoms with van der Waals surface area (Å²) in [5, 5.41) is 3.77. The van der Waals surface area contributed by atoms with Gasteiger partial charge < -0.3 is 19.4 Å². The van der Waals surface area contributed by atoms with Crippen LogP contribution in [-0.2, 0) is 16.1 Å². The van der Waals surface area contributed by atoms with E-state index in [0.29, 0.717) is 17.9 Å². The van der Waals surface area contributed by atoms with Gasteiger partial charge in [0, 0.05) is 17.1 Å². The van der Waals surface area contributed by atoms with Crippen molar-refractivity contribution in [2.45, 2.75) is 13.5 Å². The molecule has 1 N–H and O–H groups in total. The van der Waals surface area contributed by atoms with E-state index < -0.39 is 5.97 Å². The molecular weight excluding hydrogens is 332 g/mol. The molecule has 0 radical (unpaired) electrons. The van der Waals surface area contributed by atoms with Crippen molar-refractivity contribution in [2.24, 2.45) is 0 Å². The smallest absolute Gasteiger partial charge is 0.339 e. The Hall–Kier alpha value is -3.28. The van der Waals surface area contributed by atoms with Gasteiger partial charge in [-0.2, -0.15) is 0 Å². The van der Waals surface area contributed by atoms with Crippen LogP contribution in [0.2, 0.25) is 0 Å². The Morgan fingerprint density at radius 2 is 1.92 bits per heavy atom. The first-order valence-corrected chi connectivity index (χ1v) is 8.31. The molecule has 26 heavy (non-hydrogen) atoms. The SMILES string of the molecule is CCOc1ccc2c(ccn2CC(=O)Nc2ccccc2C(=O)OC)c1. The Labute approximate surface area is 151 Å². The molecule has 0 aliphatic carbocycles. The molecule has 134 valence electrons. The molecule has 2 aromatic carbocycles. The summed E-state index contributed by atoms with van der Waals surface area (Å²) in [7, 11) is 1.31. The highest BCUT2D eigenvalue weighted by Crippen LogP contribution is 2.22. The average molecular weight is 352 g/mol. The number of anilines is 1. The van der Waals surface area contributed by atoms with Gasteiger partial charge in [0.15, 0.2) is 0 Å². The number of nitrogens with one attached hydrogen (secondary N) is 1. The monoisotopic (exact) mass is 352 g/mol. The van der Waals surface area contributed by atoms with Crippen molar-refractivity contribution in [2.75, 3.05) is 19.0 Å². The maximum Gasteiger partial charge on any atom is 0.339 e. The zero-order valence-electron chi connectivity index (χ0n) is 14.7. The van der Waals surface area contributed by atoms with Crippen LogP contribution in [0.5, 0.6) is 5.75 Å². The van der Waals surface area contributed by atoms with Gasteiger partial charge in [-0.05, 0) is 43.3 Å². The standard InChI is InChI=1S/C20H20N2O4/c1-3-26-15-8-9-18-14(12-15)10-11-22(18)13-19(23)21-17-7-5-4-6-16(17)20(24)25-2/h4-12H,3,13H2,1-2H3,(H,21,23). The second-order valence-corrected chi connectivity index (χ2v) is 5.68. The number of benzene rings is 2. The van der Waals surface area contributed by atoms with Gasteiger partial charge in [-0.1, -0.05) is 12.1 Å². The second kappa shape index (κ2) is 7.74. The molecular formula is C20H20N2O4. The number of aromatic nitrogens is 1. The summed E-state index contributed by atoms with van der Waals surface area (Å²) in [5.41, 5.74) is 1.69. The lowest BCUT2D eigenvalue weighted by Crippen LogP contribution is -2.20. The molecule has 6 nitrogen and oxygen atoms in total. The van der Waals surface area contributed by atoms with Crippen LogP contribution in [0, 0.1) is 0 Å². The van der Waals surface area contributed by atoms with Crippen LogP contribution in [0.15, 0.2) is 54.7 Å². The Balaban J connectivity index is 1.77. The molecule has 0 saturated carbocycles. The fourth-order valence-corrected chi connectivity index (χ4v) is 2.80. The van der Waals surface area contributed by atoms with Crippen LogP contribution in [0.25, 0.3) is 10.9 Å². The number of para-hydroxylation sites is 1. The summed E-state index contributed by atoms with van der Waals surface area (Å²) in [6, 6.07) is 14.4. The van der Waals surface area contributed by atoms with E-state index in [9.17, 15) is 9.59 Å². The van der Waals surface area contributed by atoms with E-state index in [4.69, 9.17) is 9.47 Å².